The predicted octanol–water partition coefficient (Wildman–Crippen LogP) is 1.65. The molecule has 0 atom stereocenters. The lowest BCUT2D eigenvalue weighted by Gasteiger charge is -2.07. The van der Waals surface area contributed by atoms with Crippen molar-refractivity contribution in [3.05, 3.63) is 41.5 Å². The lowest BCUT2D eigenvalue weighted by molar-refractivity contribution is 0.788. The molecule has 0 fully saturated rings. The first-order valence-electron chi connectivity index (χ1n) is 5.78. The molecule has 0 unspecified atom stereocenters. The first kappa shape index (κ1) is 12.1. The monoisotopic (exact) mass is 241 g/mol. The van der Waals surface area contributed by atoms with Crippen LogP contribution in [-0.2, 0) is 13.5 Å². The standard InChI is InChI=1S/C13H15N5/c1-10-7-12(4-3-11(10)8-14)15-6-5-13-17-16-9-18(13)2/h3-4,7,9,15H,5-6H2,1-2H3. The molecule has 18 heavy (non-hydrogen) atoms. The van der Waals surface area contributed by atoms with Crippen LogP contribution in [0, 0.1) is 18.3 Å². The van der Waals surface area contributed by atoms with Crippen molar-refractivity contribution in [3.8, 4) is 6.07 Å². The van der Waals surface area contributed by atoms with Gasteiger partial charge in [0.15, 0.2) is 0 Å². The van der Waals surface area contributed by atoms with Crippen LogP contribution in [0.5, 0.6) is 0 Å². The molecule has 0 aliphatic heterocycles. The minimum atomic E-state index is 0.717. The highest BCUT2D eigenvalue weighted by Gasteiger charge is 2.01. The van der Waals surface area contributed by atoms with Gasteiger partial charge in [0.2, 0.25) is 0 Å². The zero-order valence-electron chi connectivity index (χ0n) is 10.5. The summed E-state index contributed by atoms with van der Waals surface area (Å²) in [6.45, 7) is 2.73. The molecule has 0 saturated carbocycles. The molecule has 2 aromatic rings. The Hall–Kier alpha value is -2.35. The predicted molar refractivity (Wildman–Crippen MR) is 69.1 cm³/mol. The van der Waals surface area contributed by atoms with E-state index in [1.165, 1.54) is 0 Å². The van der Waals surface area contributed by atoms with Crippen LogP contribution in [0.1, 0.15) is 17.0 Å². The van der Waals surface area contributed by atoms with Gasteiger partial charge < -0.3 is 9.88 Å². The minimum absolute atomic E-state index is 0.717. The SMILES string of the molecule is Cc1cc(NCCc2nncn2C)ccc1C#N. The highest BCUT2D eigenvalue weighted by Crippen LogP contribution is 2.14. The van der Waals surface area contributed by atoms with E-state index in [1.807, 2.05) is 36.7 Å². The summed E-state index contributed by atoms with van der Waals surface area (Å²) in [5.74, 6) is 0.952. The Balaban J connectivity index is 1.93. The Kier molecular flexibility index (Phi) is 3.58. The molecule has 0 spiro atoms. The van der Waals surface area contributed by atoms with Gasteiger partial charge in [-0.15, -0.1) is 10.2 Å². The number of aryl methyl sites for hydroxylation is 2. The fourth-order valence-corrected chi connectivity index (χ4v) is 1.75. The molecule has 0 radical (unpaired) electrons. The molecule has 1 N–H and O–H groups in total. The molecule has 0 bridgehead atoms. The van der Waals surface area contributed by atoms with Crippen LogP contribution in [0.15, 0.2) is 24.5 Å². The fraction of sp³-hybridized carbons (Fsp3) is 0.308. The van der Waals surface area contributed by atoms with E-state index in [-0.39, 0.29) is 0 Å². The molecular formula is C13H15N5. The summed E-state index contributed by atoms with van der Waals surface area (Å²) in [6, 6.07) is 7.89. The Bertz CT molecular complexity index is 579. The summed E-state index contributed by atoms with van der Waals surface area (Å²) in [5.41, 5.74) is 2.73. The maximum absolute atomic E-state index is 8.85. The van der Waals surface area contributed by atoms with Crippen LogP contribution < -0.4 is 5.32 Å². The average molecular weight is 241 g/mol. The fourth-order valence-electron chi connectivity index (χ4n) is 1.75. The first-order valence-corrected chi connectivity index (χ1v) is 5.78. The van der Waals surface area contributed by atoms with E-state index in [4.69, 9.17) is 5.26 Å². The van der Waals surface area contributed by atoms with E-state index in [9.17, 15) is 0 Å². The van der Waals surface area contributed by atoms with Gasteiger partial charge in [0.25, 0.3) is 0 Å². The largest absolute Gasteiger partial charge is 0.385 e. The van der Waals surface area contributed by atoms with Crippen molar-refractivity contribution in [2.45, 2.75) is 13.3 Å². The number of rotatable bonds is 4. The van der Waals surface area contributed by atoms with E-state index in [0.29, 0.717) is 5.56 Å². The van der Waals surface area contributed by atoms with Crippen molar-refractivity contribution >= 4 is 5.69 Å². The third-order valence-electron chi connectivity index (χ3n) is 2.83. The van der Waals surface area contributed by atoms with Crippen molar-refractivity contribution in [1.82, 2.24) is 14.8 Å². The number of hydrogen-bond donors (Lipinski definition) is 1. The number of aromatic nitrogens is 3. The van der Waals surface area contributed by atoms with Crippen molar-refractivity contribution in [3.63, 3.8) is 0 Å². The summed E-state index contributed by atoms with van der Waals surface area (Å²) < 4.78 is 1.91. The van der Waals surface area contributed by atoms with Crippen molar-refractivity contribution in [2.75, 3.05) is 11.9 Å². The number of nitrogens with zero attached hydrogens (tertiary/aromatic N) is 4. The van der Waals surface area contributed by atoms with Crippen molar-refractivity contribution < 1.29 is 0 Å². The Morgan fingerprint density at radius 1 is 1.44 bits per heavy atom. The second-order valence-corrected chi connectivity index (χ2v) is 4.18. The van der Waals surface area contributed by atoms with Crippen LogP contribution in [0.25, 0.3) is 0 Å². The normalized spacial score (nSPS) is 10.1. The molecule has 2 rings (SSSR count). The summed E-state index contributed by atoms with van der Waals surface area (Å²) in [4.78, 5) is 0. The number of nitrogens with one attached hydrogen (secondary N) is 1. The summed E-state index contributed by atoms with van der Waals surface area (Å²) in [6.07, 6.45) is 2.51. The highest BCUT2D eigenvalue weighted by atomic mass is 15.2. The van der Waals surface area contributed by atoms with Gasteiger partial charge in [-0.1, -0.05) is 0 Å². The summed E-state index contributed by atoms with van der Waals surface area (Å²) in [5, 5.41) is 20.0. The molecule has 92 valence electrons. The molecular weight excluding hydrogens is 226 g/mol. The molecule has 5 heteroatoms. The van der Waals surface area contributed by atoms with Gasteiger partial charge in [-0.3, -0.25) is 0 Å². The molecule has 5 nitrogen and oxygen atoms in total. The van der Waals surface area contributed by atoms with Crippen molar-refractivity contribution in [1.29, 1.82) is 5.26 Å². The summed E-state index contributed by atoms with van der Waals surface area (Å²) >= 11 is 0. The Labute approximate surface area is 106 Å². The number of anilines is 1. The lowest BCUT2D eigenvalue weighted by atomic mass is 10.1. The zero-order valence-corrected chi connectivity index (χ0v) is 10.5. The molecule has 1 aromatic heterocycles. The summed E-state index contributed by atoms with van der Waals surface area (Å²) in [7, 11) is 1.93. The van der Waals surface area contributed by atoms with Gasteiger partial charge in [-0.25, -0.2) is 0 Å². The van der Waals surface area contributed by atoms with Crippen LogP contribution in [-0.4, -0.2) is 21.3 Å². The molecule has 0 aliphatic rings. The second-order valence-electron chi connectivity index (χ2n) is 4.18. The first-order chi connectivity index (χ1) is 8.70. The van der Waals surface area contributed by atoms with Crippen LogP contribution in [0.3, 0.4) is 0 Å². The number of nitriles is 1. The molecule has 1 aromatic carbocycles. The third-order valence-corrected chi connectivity index (χ3v) is 2.83. The van der Waals surface area contributed by atoms with E-state index < -0.39 is 0 Å². The third kappa shape index (κ3) is 2.66. The molecule has 0 saturated heterocycles. The van der Waals surface area contributed by atoms with Crippen LogP contribution >= 0.6 is 0 Å². The van der Waals surface area contributed by atoms with Crippen LogP contribution in [0.2, 0.25) is 0 Å². The Morgan fingerprint density at radius 3 is 2.89 bits per heavy atom. The topological polar surface area (TPSA) is 66.5 Å². The van der Waals surface area contributed by atoms with Crippen molar-refractivity contribution in [2.24, 2.45) is 7.05 Å². The van der Waals surface area contributed by atoms with E-state index in [2.05, 4.69) is 21.6 Å². The van der Waals surface area contributed by atoms with Gasteiger partial charge in [0.1, 0.15) is 12.2 Å². The average Bonchev–Trinajstić information content (AvgIpc) is 2.75. The van der Waals surface area contributed by atoms with Gasteiger partial charge in [0.05, 0.1) is 11.6 Å². The highest BCUT2D eigenvalue weighted by molar-refractivity contribution is 5.51. The van der Waals surface area contributed by atoms with Gasteiger partial charge >= 0.3 is 0 Å². The maximum Gasteiger partial charge on any atom is 0.134 e. The minimum Gasteiger partial charge on any atom is -0.385 e. The van der Waals surface area contributed by atoms with Crippen LogP contribution in [0.4, 0.5) is 5.69 Å². The lowest BCUT2D eigenvalue weighted by Crippen LogP contribution is -2.08. The quantitative estimate of drug-likeness (QED) is 0.883. The molecule has 0 amide bonds. The smallest absolute Gasteiger partial charge is 0.134 e. The van der Waals surface area contributed by atoms with E-state index in [1.54, 1.807) is 6.33 Å². The number of benzene rings is 1. The van der Waals surface area contributed by atoms with E-state index in [0.717, 1.165) is 30.0 Å². The molecule has 1 heterocycles. The van der Waals surface area contributed by atoms with Gasteiger partial charge in [-0.2, -0.15) is 5.26 Å². The van der Waals surface area contributed by atoms with Gasteiger partial charge in [0, 0.05) is 25.7 Å². The zero-order chi connectivity index (χ0) is 13.0. The molecule has 0 aliphatic carbocycles. The number of hydrogen-bond acceptors (Lipinski definition) is 4. The maximum atomic E-state index is 8.85. The van der Waals surface area contributed by atoms with E-state index >= 15 is 0 Å². The second kappa shape index (κ2) is 5.32. The Morgan fingerprint density at radius 2 is 2.28 bits per heavy atom. The van der Waals surface area contributed by atoms with Gasteiger partial charge in [-0.05, 0) is 30.7 Å².